The lowest BCUT2D eigenvalue weighted by Gasteiger charge is -2.38. The van der Waals surface area contributed by atoms with Gasteiger partial charge in [0.15, 0.2) is 5.96 Å². The maximum absolute atomic E-state index is 12.3. The lowest BCUT2D eigenvalue weighted by molar-refractivity contribution is -0.120. The van der Waals surface area contributed by atoms with Crippen molar-refractivity contribution in [2.24, 2.45) is 4.99 Å². The van der Waals surface area contributed by atoms with E-state index < -0.39 is 0 Å². The fourth-order valence-corrected chi connectivity index (χ4v) is 4.59. The maximum atomic E-state index is 12.3. The number of nitrogens with zero attached hydrogens (tertiary/aromatic N) is 2. The zero-order valence-electron chi connectivity index (χ0n) is 18.7. The largest absolute Gasteiger partial charge is 0.357 e. The molecule has 2 aliphatic rings. The Labute approximate surface area is 181 Å². The summed E-state index contributed by atoms with van der Waals surface area (Å²) >= 11 is 0. The molecule has 2 fully saturated rings. The van der Waals surface area contributed by atoms with Gasteiger partial charge < -0.3 is 16.0 Å². The summed E-state index contributed by atoms with van der Waals surface area (Å²) in [5.41, 5.74) is 1.37. The van der Waals surface area contributed by atoms with Crippen molar-refractivity contribution in [3.63, 3.8) is 0 Å². The van der Waals surface area contributed by atoms with Crippen molar-refractivity contribution >= 4 is 11.9 Å². The smallest absolute Gasteiger partial charge is 0.242 e. The predicted molar refractivity (Wildman–Crippen MR) is 123 cm³/mol. The zero-order chi connectivity index (χ0) is 21.2. The van der Waals surface area contributed by atoms with Crippen LogP contribution in [-0.2, 0) is 11.3 Å². The van der Waals surface area contributed by atoms with Gasteiger partial charge in [0.1, 0.15) is 6.54 Å². The molecule has 1 aliphatic heterocycles. The second kappa shape index (κ2) is 11.9. The van der Waals surface area contributed by atoms with Crippen molar-refractivity contribution in [2.45, 2.75) is 83.5 Å². The topological polar surface area (TPSA) is 68.8 Å². The van der Waals surface area contributed by atoms with Gasteiger partial charge in [0.2, 0.25) is 5.91 Å². The summed E-state index contributed by atoms with van der Waals surface area (Å²) in [4.78, 5) is 19.4. The van der Waals surface area contributed by atoms with Crippen molar-refractivity contribution in [3.8, 4) is 0 Å². The van der Waals surface area contributed by atoms with Gasteiger partial charge in [0, 0.05) is 37.8 Å². The molecule has 3 N–H and O–H groups in total. The number of guanidine groups is 1. The number of carbonyl (C=O) groups excluding carboxylic acids is 1. The molecule has 1 saturated carbocycles. The number of benzene rings is 1. The third-order valence-electron chi connectivity index (χ3n) is 6.28. The van der Waals surface area contributed by atoms with Gasteiger partial charge in [-0.3, -0.25) is 9.69 Å². The molecule has 2 unspecified atom stereocenters. The first-order chi connectivity index (χ1) is 14.6. The summed E-state index contributed by atoms with van der Waals surface area (Å²) in [5, 5.41) is 10.0. The summed E-state index contributed by atoms with van der Waals surface area (Å²) < 4.78 is 0. The van der Waals surface area contributed by atoms with Gasteiger partial charge in [-0.15, -0.1) is 0 Å². The van der Waals surface area contributed by atoms with Crippen LogP contribution in [0.5, 0.6) is 0 Å². The molecule has 1 aromatic carbocycles. The van der Waals surface area contributed by atoms with Gasteiger partial charge in [-0.05, 0) is 45.1 Å². The maximum Gasteiger partial charge on any atom is 0.242 e. The molecular weight excluding hydrogens is 374 g/mol. The fourth-order valence-electron chi connectivity index (χ4n) is 4.59. The summed E-state index contributed by atoms with van der Waals surface area (Å²) in [6.45, 7) is 7.41. The van der Waals surface area contributed by atoms with Crippen LogP contribution in [-0.4, -0.2) is 54.5 Å². The Morgan fingerprint density at radius 3 is 2.53 bits per heavy atom. The molecule has 0 bridgehead atoms. The number of nitrogens with one attached hydrogen (secondary N) is 3. The van der Waals surface area contributed by atoms with Crippen LogP contribution in [0.4, 0.5) is 0 Å². The van der Waals surface area contributed by atoms with Crippen LogP contribution in [0.3, 0.4) is 0 Å². The monoisotopic (exact) mass is 413 g/mol. The molecule has 166 valence electrons. The first-order valence-corrected chi connectivity index (χ1v) is 11.8. The minimum Gasteiger partial charge on any atom is -0.357 e. The summed E-state index contributed by atoms with van der Waals surface area (Å²) in [6, 6.07) is 11.9. The Kier molecular flexibility index (Phi) is 9.00. The molecule has 0 spiro atoms. The van der Waals surface area contributed by atoms with E-state index in [0.29, 0.717) is 18.1 Å². The Balaban J connectivity index is 1.46. The van der Waals surface area contributed by atoms with E-state index in [-0.39, 0.29) is 12.5 Å². The van der Waals surface area contributed by atoms with Crippen LogP contribution in [0.1, 0.15) is 64.4 Å². The molecule has 1 aromatic rings. The highest BCUT2D eigenvalue weighted by Crippen LogP contribution is 2.20. The molecule has 3 rings (SSSR count). The van der Waals surface area contributed by atoms with Gasteiger partial charge in [-0.2, -0.15) is 0 Å². The van der Waals surface area contributed by atoms with Gasteiger partial charge in [-0.1, -0.05) is 49.6 Å². The first-order valence-electron chi connectivity index (χ1n) is 11.8. The van der Waals surface area contributed by atoms with Crippen LogP contribution in [0.25, 0.3) is 0 Å². The Morgan fingerprint density at radius 1 is 1.07 bits per heavy atom. The molecule has 6 heteroatoms. The summed E-state index contributed by atoms with van der Waals surface area (Å²) in [7, 11) is 0. The van der Waals surface area contributed by atoms with E-state index in [0.717, 1.165) is 51.3 Å². The highest BCUT2D eigenvalue weighted by Gasteiger charge is 2.26. The summed E-state index contributed by atoms with van der Waals surface area (Å²) in [5.74, 6) is 0.787. The fraction of sp³-hybridized carbons (Fsp3) is 0.667. The van der Waals surface area contributed by atoms with Crippen LogP contribution < -0.4 is 16.0 Å². The standard InChI is InChI=1S/C24H39N5O/c1-3-25-24(26-17-23(30)27-21-12-8-5-9-13-21)28-22-14-15-29(19(2)16-22)18-20-10-6-4-7-11-20/h4,6-7,10-11,19,21-22H,3,5,8-9,12-18H2,1-2H3,(H,27,30)(H2,25,26,28). The third-order valence-corrected chi connectivity index (χ3v) is 6.28. The van der Waals surface area contributed by atoms with Crippen molar-refractivity contribution in [1.82, 2.24) is 20.9 Å². The summed E-state index contributed by atoms with van der Waals surface area (Å²) in [6.07, 6.45) is 8.10. The molecule has 1 amide bonds. The highest BCUT2D eigenvalue weighted by atomic mass is 16.1. The van der Waals surface area contributed by atoms with Gasteiger partial charge in [0.05, 0.1) is 0 Å². The van der Waals surface area contributed by atoms with E-state index in [4.69, 9.17) is 0 Å². The molecule has 1 heterocycles. The van der Waals surface area contributed by atoms with E-state index in [1.165, 1.54) is 24.8 Å². The van der Waals surface area contributed by atoms with Crippen molar-refractivity contribution in [1.29, 1.82) is 0 Å². The zero-order valence-corrected chi connectivity index (χ0v) is 18.7. The minimum atomic E-state index is 0.0325. The number of piperidine rings is 1. The van der Waals surface area contributed by atoms with Gasteiger partial charge in [-0.25, -0.2) is 4.99 Å². The second-order valence-electron chi connectivity index (χ2n) is 8.77. The first kappa shape index (κ1) is 22.6. The normalized spacial score (nSPS) is 23.7. The molecule has 30 heavy (non-hydrogen) atoms. The van der Waals surface area contributed by atoms with Gasteiger partial charge >= 0.3 is 0 Å². The molecule has 1 aliphatic carbocycles. The SMILES string of the molecule is CCNC(=NCC(=O)NC1CCCCC1)NC1CCN(Cc2ccccc2)C(C)C1. The van der Waals surface area contributed by atoms with Crippen molar-refractivity contribution in [3.05, 3.63) is 35.9 Å². The Morgan fingerprint density at radius 2 is 1.83 bits per heavy atom. The Bertz CT molecular complexity index is 671. The van der Waals surface area contributed by atoms with E-state index >= 15 is 0 Å². The molecule has 0 radical (unpaired) electrons. The number of aliphatic imine (C=N–C) groups is 1. The quantitative estimate of drug-likeness (QED) is 0.475. The van der Waals surface area contributed by atoms with Crippen molar-refractivity contribution < 1.29 is 4.79 Å². The average Bonchev–Trinajstić information content (AvgIpc) is 2.76. The lowest BCUT2D eigenvalue weighted by Crippen LogP contribution is -2.51. The molecule has 0 aromatic heterocycles. The third kappa shape index (κ3) is 7.31. The molecular formula is C24H39N5O. The van der Waals surface area contributed by atoms with E-state index in [1.807, 2.05) is 0 Å². The van der Waals surface area contributed by atoms with Gasteiger partial charge in [0.25, 0.3) is 0 Å². The predicted octanol–water partition coefficient (Wildman–Crippen LogP) is 3.04. The highest BCUT2D eigenvalue weighted by molar-refractivity contribution is 5.85. The average molecular weight is 414 g/mol. The number of rotatable bonds is 7. The van der Waals surface area contributed by atoms with Crippen molar-refractivity contribution in [2.75, 3.05) is 19.6 Å². The van der Waals surface area contributed by atoms with E-state index in [9.17, 15) is 4.79 Å². The second-order valence-corrected chi connectivity index (χ2v) is 8.77. The minimum absolute atomic E-state index is 0.0325. The number of hydrogen-bond acceptors (Lipinski definition) is 3. The molecule has 6 nitrogen and oxygen atoms in total. The van der Waals surface area contributed by atoms with Crippen LogP contribution >= 0.6 is 0 Å². The lowest BCUT2D eigenvalue weighted by atomic mass is 9.95. The van der Waals surface area contributed by atoms with Crippen LogP contribution in [0, 0.1) is 0 Å². The molecule has 2 atom stereocenters. The number of likely N-dealkylation sites (tertiary alicyclic amines) is 1. The number of hydrogen-bond donors (Lipinski definition) is 3. The van der Waals surface area contributed by atoms with Crippen LogP contribution in [0.2, 0.25) is 0 Å². The van der Waals surface area contributed by atoms with Crippen LogP contribution in [0.15, 0.2) is 35.3 Å². The Hall–Kier alpha value is -2.08. The number of carbonyl (C=O) groups is 1. The van der Waals surface area contributed by atoms with E-state index in [2.05, 4.69) is 70.0 Å². The van der Waals surface area contributed by atoms with E-state index in [1.54, 1.807) is 0 Å². The molecule has 1 saturated heterocycles. The number of amides is 1.